The smallest absolute Gasteiger partial charge is 0.233 e. The molecule has 6 nitrogen and oxygen atoms in total. The Hall–Kier alpha value is -2.67. The van der Waals surface area contributed by atoms with Crippen molar-refractivity contribution in [1.29, 1.82) is 0 Å². The number of carbonyl (C=O) groups excluding carboxylic acids is 1. The van der Waals surface area contributed by atoms with E-state index in [1.54, 1.807) is 6.20 Å². The molecule has 0 spiro atoms. The molecule has 0 radical (unpaired) electrons. The number of likely N-dealkylation sites (tertiary alicyclic amines) is 1. The van der Waals surface area contributed by atoms with Crippen molar-refractivity contribution in [3.63, 3.8) is 0 Å². The largest absolute Gasteiger partial charge is 0.337 e. The molecular formula is C23H27N5OS. The Morgan fingerprint density at radius 1 is 1.03 bits per heavy atom. The first kappa shape index (κ1) is 20.6. The van der Waals surface area contributed by atoms with Crippen molar-refractivity contribution in [3.8, 4) is 11.5 Å². The lowest BCUT2D eigenvalue weighted by Crippen LogP contribution is -2.48. The zero-order valence-corrected chi connectivity index (χ0v) is 18.3. The maximum absolute atomic E-state index is 13.0. The third-order valence-electron chi connectivity index (χ3n) is 5.60. The highest BCUT2D eigenvalue weighted by Gasteiger charge is 2.29. The molecule has 1 fully saturated rings. The van der Waals surface area contributed by atoms with Gasteiger partial charge < -0.3 is 4.90 Å². The summed E-state index contributed by atoms with van der Waals surface area (Å²) in [4.78, 5) is 19.5. The Morgan fingerprint density at radius 3 is 2.47 bits per heavy atom. The van der Waals surface area contributed by atoms with Gasteiger partial charge in [0.25, 0.3) is 0 Å². The SMILES string of the molecule is C[C@@H]1CCC[C@@H](C)N1C(=O)CSc1nnc(-c2ccccn2)n1Cc1ccccc1. The number of amides is 1. The second-order valence-electron chi connectivity index (χ2n) is 7.81. The van der Waals surface area contributed by atoms with Gasteiger partial charge in [0.15, 0.2) is 11.0 Å². The molecule has 1 aromatic carbocycles. The second-order valence-corrected chi connectivity index (χ2v) is 8.75. The van der Waals surface area contributed by atoms with Crippen LogP contribution >= 0.6 is 11.8 Å². The number of hydrogen-bond donors (Lipinski definition) is 0. The van der Waals surface area contributed by atoms with Gasteiger partial charge in [0, 0.05) is 18.3 Å². The first-order chi connectivity index (χ1) is 14.6. The number of nitrogens with zero attached hydrogens (tertiary/aromatic N) is 5. The average Bonchev–Trinajstić information content (AvgIpc) is 3.16. The van der Waals surface area contributed by atoms with E-state index in [0.717, 1.165) is 29.3 Å². The van der Waals surface area contributed by atoms with Crippen LogP contribution in [0.15, 0.2) is 59.9 Å². The van der Waals surface area contributed by atoms with Gasteiger partial charge >= 0.3 is 0 Å². The first-order valence-corrected chi connectivity index (χ1v) is 11.4. The molecular weight excluding hydrogens is 394 g/mol. The number of hydrogen-bond acceptors (Lipinski definition) is 5. The summed E-state index contributed by atoms with van der Waals surface area (Å²) in [6.07, 6.45) is 5.11. The molecule has 0 bridgehead atoms. The summed E-state index contributed by atoms with van der Waals surface area (Å²) in [7, 11) is 0. The lowest BCUT2D eigenvalue weighted by Gasteiger charge is -2.39. The summed E-state index contributed by atoms with van der Waals surface area (Å²) < 4.78 is 2.05. The molecule has 1 amide bonds. The highest BCUT2D eigenvalue weighted by atomic mass is 32.2. The minimum atomic E-state index is 0.174. The van der Waals surface area contributed by atoms with Gasteiger partial charge in [-0.05, 0) is 50.8 Å². The fraction of sp³-hybridized carbons (Fsp3) is 0.391. The van der Waals surface area contributed by atoms with E-state index < -0.39 is 0 Å². The summed E-state index contributed by atoms with van der Waals surface area (Å²) in [5.74, 6) is 1.26. The van der Waals surface area contributed by atoms with Crippen LogP contribution in [0.25, 0.3) is 11.5 Å². The summed E-state index contributed by atoms with van der Waals surface area (Å²) in [5, 5.41) is 9.56. The van der Waals surface area contributed by atoms with Gasteiger partial charge in [0.05, 0.1) is 12.3 Å². The van der Waals surface area contributed by atoms with Gasteiger partial charge in [-0.15, -0.1) is 10.2 Å². The van der Waals surface area contributed by atoms with Gasteiger partial charge in [-0.3, -0.25) is 14.3 Å². The van der Waals surface area contributed by atoms with Crippen LogP contribution < -0.4 is 0 Å². The molecule has 3 aromatic rings. The van der Waals surface area contributed by atoms with Crippen LogP contribution in [0.5, 0.6) is 0 Å². The number of thioether (sulfide) groups is 1. The van der Waals surface area contributed by atoms with E-state index in [9.17, 15) is 4.79 Å². The molecule has 2 aromatic heterocycles. The van der Waals surface area contributed by atoms with Gasteiger partial charge in [-0.2, -0.15) is 0 Å². The van der Waals surface area contributed by atoms with Crippen molar-refractivity contribution in [3.05, 3.63) is 60.3 Å². The number of aromatic nitrogens is 4. The van der Waals surface area contributed by atoms with Crippen molar-refractivity contribution in [1.82, 2.24) is 24.6 Å². The van der Waals surface area contributed by atoms with E-state index in [2.05, 4.69) is 45.7 Å². The van der Waals surface area contributed by atoms with Gasteiger partial charge in [-0.25, -0.2) is 0 Å². The van der Waals surface area contributed by atoms with E-state index in [4.69, 9.17) is 0 Å². The second kappa shape index (κ2) is 9.43. The van der Waals surface area contributed by atoms with Crippen LogP contribution in [0, 0.1) is 0 Å². The molecule has 1 saturated heterocycles. The van der Waals surface area contributed by atoms with E-state index in [1.165, 1.54) is 18.2 Å². The van der Waals surface area contributed by atoms with Crippen LogP contribution in [-0.4, -0.2) is 48.4 Å². The van der Waals surface area contributed by atoms with Crippen molar-refractivity contribution >= 4 is 17.7 Å². The van der Waals surface area contributed by atoms with E-state index in [-0.39, 0.29) is 5.91 Å². The quantitative estimate of drug-likeness (QED) is 0.556. The molecule has 4 rings (SSSR count). The predicted molar refractivity (Wildman–Crippen MR) is 119 cm³/mol. The molecule has 156 valence electrons. The Morgan fingerprint density at radius 2 is 1.77 bits per heavy atom. The van der Waals surface area contributed by atoms with Crippen molar-refractivity contribution in [2.45, 2.75) is 56.9 Å². The van der Waals surface area contributed by atoms with E-state index in [0.29, 0.717) is 30.2 Å². The predicted octanol–water partition coefficient (Wildman–Crippen LogP) is 4.27. The zero-order valence-electron chi connectivity index (χ0n) is 17.4. The van der Waals surface area contributed by atoms with Crippen LogP contribution in [0.3, 0.4) is 0 Å². The Balaban J connectivity index is 1.56. The minimum Gasteiger partial charge on any atom is -0.337 e. The molecule has 0 aliphatic carbocycles. The number of benzene rings is 1. The van der Waals surface area contributed by atoms with Crippen molar-refractivity contribution < 1.29 is 4.79 Å². The monoisotopic (exact) mass is 421 g/mol. The highest BCUT2D eigenvalue weighted by Crippen LogP contribution is 2.27. The standard InChI is InChI=1S/C23H27N5OS/c1-17-9-8-10-18(2)28(17)21(29)16-30-23-26-25-22(20-13-6-7-14-24-20)27(23)15-19-11-4-3-5-12-19/h3-7,11-14,17-18H,8-10,15-16H2,1-2H3/t17-,18-/m1/s1. The summed E-state index contributed by atoms with van der Waals surface area (Å²) in [6.45, 7) is 4.93. The van der Waals surface area contributed by atoms with Gasteiger partial charge in [-0.1, -0.05) is 48.2 Å². The molecule has 2 atom stereocenters. The lowest BCUT2D eigenvalue weighted by molar-refractivity contribution is -0.134. The average molecular weight is 422 g/mol. The highest BCUT2D eigenvalue weighted by molar-refractivity contribution is 7.99. The zero-order chi connectivity index (χ0) is 20.9. The molecule has 0 unspecified atom stereocenters. The van der Waals surface area contributed by atoms with Crippen LogP contribution in [-0.2, 0) is 11.3 Å². The van der Waals surface area contributed by atoms with Gasteiger partial charge in [0.1, 0.15) is 5.69 Å². The van der Waals surface area contributed by atoms with Crippen LogP contribution in [0.1, 0.15) is 38.7 Å². The van der Waals surface area contributed by atoms with Crippen LogP contribution in [0.2, 0.25) is 0 Å². The minimum absolute atomic E-state index is 0.174. The van der Waals surface area contributed by atoms with Crippen molar-refractivity contribution in [2.24, 2.45) is 0 Å². The number of piperidine rings is 1. The lowest BCUT2D eigenvalue weighted by atomic mass is 9.98. The van der Waals surface area contributed by atoms with Crippen LogP contribution in [0.4, 0.5) is 0 Å². The third kappa shape index (κ3) is 4.56. The Labute approximate surface area is 181 Å². The molecule has 3 heterocycles. The topological polar surface area (TPSA) is 63.9 Å². The fourth-order valence-corrected chi connectivity index (χ4v) is 4.91. The molecule has 7 heteroatoms. The number of carbonyl (C=O) groups is 1. The normalized spacial score (nSPS) is 19.1. The molecule has 0 saturated carbocycles. The molecule has 1 aliphatic rings. The molecule has 30 heavy (non-hydrogen) atoms. The van der Waals surface area contributed by atoms with E-state index in [1.807, 2.05) is 41.3 Å². The van der Waals surface area contributed by atoms with Gasteiger partial charge in [0.2, 0.25) is 5.91 Å². The third-order valence-corrected chi connectivity index (χ3v) is 6.55. The summed E-state index contributed by atoms with van der Waals surface area (Å²) in [6, 6.07) is 16.6. The summed E-state index contributed by atoms with van der Waals surface area (Å²) in [5.41, 5.74) is 1.93. The Kier molecular flexibility index (Phi) is 6.47. The maximum Gasteiger partial charge on any atom is 0.233 e. The van der Waals surface area contributed by atoms with Crippen molar-refractivity contribution in [2.75, 3.05) is 5.75 Å². The number of rotatable bonds is 6. The molecule has 1 aliphatic heterocycles. The van der Waals surface area contributed by atoms with E-state index >= 15 is 0 Å². The Bertz CT molecular complexity index is 966. The first-order valence-electron chi connectivity index (χ1n) is 10.5. The fourth-order valence-electron chi connectivity index (χ4n) is 4.10. The molecule has 0 N–H and O–H groups in total. The summed E-state index contributed by atoms with van der Waals surface area (Å²) >= 11 is 1.46. The number of pyridine rings is 1. The maximum atomic E-state index is 13.0.